The molecule has 0 radical (unpaired) electrons. The van der Waals surface area contributed by atoms with E-state index in [1.165, 1.54) is 37.7 Å². The van der Waals surface area contributed by atoms with Gasteiger partial charge in [-0.1, -0.05) is 31.4 Å². The van der Waals surface area contributed by atoms with Crippen molar-refractivity contribution >= 4 is 5.96 Å². The largest absolute Gasteiger partial charge is 0.508 e. The van der Waals surface area contributed by atoms with Gasteiger partial charge in [0.15, 0.2) is 5.96 Å². The van der Waals surface area contributed by atoms with E-state index < -0.39 is 0 Å². The molecule has 0 aromatic heterocycles. The molecule has 4 nitrogen and oxygen atoms in total. The lowest BCUT2D eigenvalue weighted by Gasteiger charge is -2.32. The minimum atomic E-state index is 0.319. The summed E-state index contributed by atoms with van der Waals surface area (Å²) in [5.41, 5.74) is 7.33. The fraction of sp³-hybridized carbons (Fsp3) is 0.588. The molecule has 3 rings (SSSR count). The second-order valence-corrected chi connectivity index (χ2v) is 6.38. The maximum atomic E-state index is 9.37. The van der Waals surface area contributed by atoms with Crippen LogP contribution in [0.15, 0.2) is 29.3 Å². The van der Waals surface area contributed by atoms with Crippen LogP contribution in [0.1, 0.15) is 37.7 Å². The maximum Gasteiger partial charge on any atom is 0.191 e. The molecule has 1 atom stereocenters. The highest BCUT2D eigenvalue weighted by Gasteiger charge is 2.28. The number of nitrogens with zero attached hydrogens (tertiary/aromatic N) is 2. The van der Waals surface area contributed by atoms with Gasteiger partial charge in [-0.15, -0.1) is 0 Å². The Kier molecular flexibility index (Phi) is 4.32. The zero-order valence-electron chi connectivity index (χ0n) is 12.5. The average Bonchev–Trinajstić information content (AvgIpc) is 2.84. The molecule has 1 aromatic carbocycles. The number of benzene rings is 1. The third-order valence-electron chi connectivity index (χ3n) is 4.79. The molecule has 0 bridgehead atoms. The zero-order chi connectivity index (χ0) is 14.7. The third-order valence-corrected chi connectivity index (χ3v) is 4.79. The quantitative estimate of drug-likeness (QED) is 0.894. The molecule has 3 N–H and O–H groups in total. The van der Waals surface area contributed by atoms with Crippen LogP contribution in [0.4, 0.5) is 0 Å². The fourth-order valence-corrected chi connectivity index (χ4v) is 3.54. The first-order valence-electron chi connectivity index (χ1n) is 8.07. The number of phenolic OH excluding ortho intramolecular Hbond substituents is 1. The van der Waals surface area contributed by atoms with Gasteiger partial charge in [-0.2, -0.15) is 0 Å². The third kappa shape index (κ3) is 3.49. The highest BCUT2D eigenvalue weighted by molar-refractivity contribution is 5.80. The van der Waals surface area contributed by atoms with Gasteiger partial charge in [0.2, 0.25) is 0 Å². The van der Waals surface area contributed by atoms with Crippen molar-refractivity contribution in [3.8, 4) is 5.75 Å². The summed E-state index contributed by atoms with van der Waals surface area (Å²) < 4.78 is 0. The molecule has 1 aliphatic carbocycles. The lowest BCUT2D eigenvalue weighted by atomic mass is 9.88. The predicted molar refractivity (Wildman–Crippen MR) is 85.4 cm³/mol. The summed E-state index contributed by atoms with van der Waals surface area (Å²) in [6.45, 7) is 1.84. The Morgan fingerprint density at radius 2 is 1.86 bits per heavy atom. The summed E-state index contributed by atoms with van der Waals surface area (Å²) in [5, 5.41) is 9.37. The first-order chi connectivity index (χ1) is 10.2. The van der Waals surface area contributed by atoms with Crippen molar-refractivity contribution in [2.75, 3.05) is 13.1 Å². The van der Waals surface area contributed by atoms with Crippen LogP contribution >= 0.6 is 0 Å². The molecule has 4 heteroatoms. The Bertz CT molecular complexity index is 491. The number of hydrogen-bond acceptors (Lipinski definition) is 4. The minimum absolute atomic E-state index is 0.319. The van der Waals surface area contributed by atoms with Crippen LogP contribution in [-0.4, -0.2) is 35.1 Å². The van der Waals surface area contributed by atoms with Crippen molar-refractivity contribution in [3.63, 3.8) is 0 Å². The molecule has 1 heterocycles. The van der Waals surface area contributed by atoms with Crippen molar-refractivity contribution in [1.82, 2.24) is 4.90 Å². The predicted octanol–water partition coefficient (Wildman–Crippen LogP) is 2.51. The first kappa shape index (κ1) is 14.2. The van der Waals surface area contributed by atoms with Crippen LogP contribution in [0.5, 0.6) is 5.75 Å². The summed E-state index contributed by atoms with van der Waals surface area (Å²) in [6, 6.07) is 7.85. The van der Waals surface area contributed by atoms with Gasteiger partial charge >= 0.3 is 0 Å². The Hall–Kier alpha value is -1.71. The average molecular weight is 287 g/mol. The van der Waals surface area contributed by atoms with E-state index in [9.17, 15) is 5.11 Å². The van der Waals surface area contributed by atoms with Gasteiger partial charge in [-0.3, -0.25) is 4.99 Å². The SMILES string of the molecule is NC1=NC[C@H](Cc2ccc(O)cc2)N1CC1CCCCC1. The normalized spacial score (nSPS) is 23.3. The maximum absolute atomic E-state index is 9.37. The molecule has 0 spiro atoms. The van der Waals surface area contributed by atoms with E-state index in [4.69, 9.17) is 5.73 Å². The molecule has 2 aliphatic rings. The standard InChI is InChI=1S/C17H25N3O/c18-17-19-11-15(10-13-6-8-16(21)9-7-13)20(17)12-14-4-2-1-3-5-14/h6-9,14-15,21H,1-5,10-12H2,(H2,18,19)/t15-/m0/s1. The van der Waals surface area contributed by atoms with E-state index >= 15 is 0 Å². The zero-order valence-corrected chi connectivity index (χ0v) is 12.5. The van der Waals surface area contributed by atoms with Gasteiger partial charge in [0.25, 0.3) is 0 Å². The summed E-state index contributed by atoms with van der Waals surface area (Å²) >= 11 is 0. The van der Waals surface area contributed by atoms with Crippen LogP contribution in [0, 0.1) is 5.92 Å². The van der Waals surface area contributed by atoms with Crippen molar-refractivity contribution in [2.45, 2.75) is 44.6 Å². The van der Waals surface area contributed by atoms with Gasteiger partial charge in [0.1, 0.15) is 5.75 Å². The highest BCUT2D eigenvalue weighted by atomic mass is 16.3. The molecule has 1 saturated carbocycles. The molecule has 0 unspecified atom stereocenters. The van der Waals surface area contributed by atoms with E-state index in [1.807, 2.05) is 12.1 Å². The molecule has 21 heavy (non-hydrogen) atoms. The van der Waals surface area contributed by atoms with Crippen molar-refractivity contribution in [3.05, 3.63) is 29.8 Å². The molecule has 0 amide bonds. The second kappa shape index (κ2) is 6.37. The highest BCUT2D eigenvalue weighted by Crippen LogP contribution is 2.26. The van der Waals surface area contributed by atoms with Crippen molar-refractivity contribution in [2.24, 2.45) is 16.6 Å². The molecular formula is C17H25N3O. The minimum Gasteiger partial charge on any atom is -0.508 e. The summed E-state index contributed by atoms with van der Waals surface area (Å²) in [7, 11) is 0. The number of aromatic hydroxyl groups is 1. The number of hydrogen-bond donors (Lipinski definition) is 2. The Balaban J connectivity index is 1.62. The number of guanidine groups is 1. The van der Waals surface area contributed by atoms with Gasteiger partial charge in [-0.05, 0) is 42.9 Å². The van der Waals surface area contributed by atoms with E-state index in [0.717, 1.165) is 25.4 Å². The fourth-order valence-electron chi connectivity index (χ4n) is 3.54. The van der Waals surface area contributed by atoms with E-state index in [2.05, 4.69) is 9.89 Å². The number of rotatable bonds is 4. The Labute approximate surface area is 126 Å². The second-order valence-electron chi connectivity index (χ2n) is 6.38. The van der Waals surface area contributed by atoms with Crippen LogP contribution in [0.2, 0.25) is 0 Å². The molecule has 114 valence electrons. The summed E-state index contributed by atoms with van der Waals surface area (Å²) in [5.74, 6) is 1.80. The topological polar surface area (TPSA) is 61.9 Å². The Morgan fingerprint density at radius 3 is 2.57 bits per heavy atom. The lowest BCUT2D eigenvalue weighted by molar-refractivity contribution is 0.242. The van der Waals surface area contributed by atoms with Crippen LogP contribution in [-0.2, 0) is 6.42 Å². The van der Waals surface area contributed by atoms with Crippen molar-refractivity contribution < 1.29 is 5.11 Å². The van der Waals surface area contributed by atoms with Crippen LogP contribution in [0.25, 0.3) is 0 Å². The number of nitrogens with two attached hydrogens (primary N) is 1. The number of aliphatic imine (C=N–C) groups is 1. The van der Waals surface area contributed by atoms with Crippen LogP contribution < -0.4 is 5.73 Å². The van der Waals surface area contributed by atoms with Gasteiger partial charge in [0.05, 0.1) is 12.6 Å². The molecular weight excluding hydrogens is 262 g/mol. The van der Waals surface area contributed by atoms with Crippen molar-refractivity contribution in [1.29, 1.82) is 0 Å². The number of phenols is 1. The molecule has 1 fully saturated rings. The van der Waals surface area contributed by atoms with E-state index in [-0.39, 0.29) is 0 Å². The smallest absolute Gasteiger partial charge is 0.191 e. The van der Waals surface area contributed by atoms with E-state index in [1.54, 1.807) is 12.1 Å². The first-order valence-corrected chi connectivity index (χ1v) is 8.07. The van der Waals surface area contributed by atoms with Gasteiger partial charge in [0, 0.05) is 6.54 Å². The Morgan fingerprint density at radius 1 is 1.14 bits per heavy atom. The van der Waals surface area contributed by atoms with E-state index in [0.29, 0.717) is 17.8 Å². The summed E-state index contributed by atoms with van der Waals surface area (Å²) in [6.07, 6.45) is 7.70. The monoisotopic (exact) mass is 287 g/mol. The molecule has 0 saturated heterocycles. The summed E-state index contributed by atoms with van der Waals surface area (Å²) in [4.78, 5) is 6.76. The van der Waals surface area contributed by atoms with Gasteiger partial charge < -0.3 is 15.7 Å². The van der Waals surface area contributed by atoms with Gasteiger partial charge in [-0.25, -0.2) is 0 Å². The lowest BCUT2D eigenvalue weighted by Crippen LogP contribution is -2.44. The van der Waals surface area contributed by atoms with Crippen LogP contribution in [0.3, 0.4) is 0 Å². The molecule has 1 aliphatic heterocycles. The molecule has 1 aromatic rings.